The van der Waals surface area contributed by atoms with Gasteiger partial charge in [0, 0.05) is 17.2 Å². The quantitative estimate of drug-likeness (QED) is 0.633. The molecule has 0 aliphatic rings. The Morgan fingerprint density at radius 2 is 1.45 bits per heavy atom. The molecule has 0 fully saturated rings. The van der Waals surface area contributed by atoms with Crippen LogP contribution in [0.3, 0.4) is 0 Å². The predicted molar refractivity (Wildman–Crippen MR) is 112 cm³/mol. The number of benzene rings is 3. The van der Waals surface area contributed by atoms with Crippen molar-refractivity contribution in [1.82, 2.24) is 0 Å². The molecule has 6 nitrogen and oxygen atoms in total. The summed E-state index contributed by atoms with van der Waals surface area (Å²) in [6, 6.07) is 18.1. The monoisotopic (exact) mass is 393 g/mol. The zero-order chi connectivity index (χ0) is 20.8. The van der Waals surface area contributed by atoms with Crippen molar-refractivity contribution in [2.24, 2.45) is 0 Å². The number of rotatable bonds is 7. The fourth-order valence-electron chi connectivity index (χ4n) is 2.96. The molecule has 0 saturated heterocycles. The van der Waals surface area contributed by atoms with E-state index in [0.29, 0.717) is 28.5 Å². The summed E-state index contributed by atoms with van der Waals surface area (Å²) in [5.74, 6) is 2.28. The maximum atomic E-state index is 12.9. The number of anilines is 1. The molecule has 0 bridgehead atoms. The minimum atomic E-state index is -0.264. The Labute approximate surface area is 170 Å². The van der Waals surface area contributed by atoms with Crippen LogP contribution in [-0.2, 0) is 0 Å². The molecule has 1 amide bonds. The third-order valence-electron chi connectivity index (χ3n) is 4.50. The predicted octanol–water partition coefficient (Wildman–Crippen LogP) is 4.64. The van der Waals surface area contributed by atoms with E-state index in [1.165, 1.54) is 0 Å². The normalized spacial score (nSPS) is 10.2. The highest BCUT2D eigenvalue weighted by Crippen LogP contribution is 2.34. The molecule has 0 aliphatic heterocycles. The zero-order valence-corrected chi connectivity index (χ0v) is 16.8. The van der Waals surface area contributed by atoms with Gasteiger partial charge in [0.2, 0.25) is 0 Å². The first kappa shape index (κ1) is 20.1. The first-order chi connectivity index (χ1) is 14.1. The van der Waals surface area contributed by atoms with E-state index in [4.69, 9.17) is 18.9 Å². The number of carbonyl (C=O) groups is 1. The average Bonchev–Trinajstić information content (AvgIpc) is 2.78. The first-order valence-electron chi connectivity index (χ1n) is 8.95. The summed E-state index contributed by atoms with van der Waals surface area (Å²) in [7, 11) is 6.33. The summed E-state index contributed by atoms with van der Waals surface area (Å²) in [4.78, 5) is 12.9. The van der Waals surface area contributed by atoms with Crippen molar-refractivity contribution in [3.05, 3.63) is 66.2 Å². The van der Waals surface area contributed by atoms with Crippen LogP contribution in [0.5, 0.6) is 23.0 Å². The molecule has 0 heterocycles. The van der Waals surface area contributed by atoms with E-state index >= 15 is 0 Å². The molecule has 0 aromatic heterocycles. The van der Waals surface area contributed by atoms with Gasteiger partial charge in [0.05, 0.1) is 34.1 Å². The Balaban J connectivity index is 1.94. The Kier molecular flexibility index (Phi) is 6.24. The highest BCUT2D eigenvalue weighted by molar-refractivity contribution is 6.06. The molecule has 150 valence electrons. The minimum absolute atomic E-state index is 0.264. The van der Waals surface area contributed by atoms with Crippen LogP contribution < -0.4 is 24.3 Å². The molecule has 0 unspecified atom stereocenters. The molecule has 3 aromatic carbocycles. The largest absolute Gasteiger partial charge is 0.497 e. The second kappa shape index (κ2) is 9.01. The van der Waals surface area contributed by atoms with Crippen LogP contribution in [0.4, 0.5) is 5.69 Å². The van der Waals surface area contributed by atoms with Gasteiger partial charge in [0.25, 0.3) is 5.91 Å². The molecule has 3 aromatic rings. The van der Waals surface area contributed by atoms with E-state index in [0.717, 1.165) is 16.9 Å². The number of hydrogen-bond donors (Lipinski definition) is 1. The molecule has 0 saturated carbocycles. The maximum absolute atomic E-state index is 12.9. The number of ether oxygens (including phenoxy) is 4. The number of hydrogen-bond acceptors (Lipinski definition) is 5. The Morgan fingerprint density at radius 3 is 2.14 bits per heavy atom. The molecule has 0 aliphatic carbocycles. The molecular formula is C23H23NO5. The van der Waals surface area contributed by atoms with Crippen LogP contribution in [0.1, 0.15) is 10.4 Å². The van der Waals surface area contributed by atoms with Gasteiger partial charge in [-0.25, -0.2) is 0 Å². The average molecular weight is 393 g/mol. The molecule has 0 radical (unpaired) electrons. The lowest BCUT2D eigenvalue weighted by molar-refractivity contribution is 0.102. The van der Waals surface area contributed by atoms with Crippen LogP contribution in [-0.4, -0.2) is 34.3 Å². The second-order valence-corrected chi connectivity index (χ2v) is 6.17. The molecule has 3 rings (SSSR count). The van der Waals surface area contributed by atoms with E-state index < -0.39 is 0 Å². The van der Waals surface area contributed by atoms with Crippen molar-refractivity contribution in [3.8, 4) is 34.1 Å². The summed E-state index contributed by atoms with van der Waals surface area (Å²) in [6.45, 7) is 0. The van der Waals surface area contributed by atoms with Crippen molar-refractivity contribution in [2.45, 2.75) is 0 Å². The second-order valence-electron chi connectivity index (χ2n) is 6.17. The van der Waals surface area contributed by atoms with E-state index in [1.54, 1.807) is 64.8 Å². The lowest BCUT2D eigenvalue weighted by atomic mass is 10.0. The summed E-state index contributed by atoms with van der Waals surface area (Å²) in [5, 5.41) is 2.88. The third kappa shape index (κ3) is 4.43. The van der Waals surface area contributed by atoms with Crippen molar-refractivity contribution < 1.29 is 23.7 Å². The Bertz CT molecular complexity index is 1020. The highest BCUT2D eigenvalue weighted by atomic mass is 16.5. The van der Waals surface area contributed by atoms with E-state index in [1.807, 2.05) is 24.3 Å². The third-order valence-corrected chi connectivity index (χ3v) is 4.50. The summed E-state index contributed by atoms with van der Waals surface area (Å²) >= 11 is 0. The molecular weight excluding hydrogens is 370 g/mol. The van der Waals surface area contributed by atoms with Gasteiger partial charge in [-0.15, -0.1) is 0 Å². The fraction of sp³-hybridized carbons (Fsp3) is 0.174. The topological polar surface area (TPSA) is 66.0 Å². The van der Waals surface area contributed by atoms with E-state index in [-0.39, 0.29) is 5.91 Å². The minimum Gasteiger partial charge on any atom is -0.497 e. The van der Waals surface area contributed by atoms with Crippen LogP contribution in [0, 0.1) is 0 Å². The van der Waals surface area contributed by atoms with Gasteiger partial charge in [-0.1, -0.05) is 12.1 Å². The van der Waals surface area contributed by atoms with Crippen molar-refractivity contribution >= 4 is 11.6 Å². The molecule has 29 heavy (non-hydrogen) atoms. The lowest BCUT2D eigenvalue weighted by Crippen LogP contribution is -2.13. The zero-order valence-electron chi connectivity index (χ0n) is 16.8. The van der Waals surface area contributed by atoms with Gasteiger partial charge in [-0.3, -0.25) is 4.79 Å². The van der Waals surface area contributed by atoms with E-state index in [2.05, 4.69) is 5.32 Å². The number of nitrogens with one attached hydrogen (secondary N) is 1. The molecule has 1 N–H and O–H groups in total. The molecule has 6 heteroatoms. The van der Waals surface area contributed by atoms with Crippen LogP contribution in [0.2, 0.25) is 0 Å². The van der Waals surface area contributed by atoms with Gasteiger partial charge < -0.3 is 24.3 Å². The van der Waals surface area contributed by atoms with Gasteiger partial charge in [-0.2, -0.15) is 0 Å². The lowest BCUT2D eigenvalue weighted by Gasteiger charge is -2.14. The van der Waals surface area contributed by atoms with Gasteiger partial charge >= 0.3 is 0 Å². The summed E-state index contributed by atoms with van der Waals surface area (Å²) in [6.07, 6.45) is 0. The first-order valence-corrected chi connectivity index (χ1v) is 8.95. The van der Waals surface area contributed by atoms with Gasteiger partial charge in [-0.05, 0) is 48.0 Å². The standard InChI is InChI=1S/C23H23NO5/c1-26-17-7-5-6-15(12-17)19-13-16(8-11-21(19)28-3)23(25)24-20-10-9-18(27-2)14-22(20)29-4/h5-14H,1-4H3,(H,24,25). The smallest absolute Gasteiger partial charge is 0.255 e. The number of methoxy groups -OCH3 is 4. The molecule has 0 spiro atoms. The highest BCUT2D eigenvalue weighted by Gasteiger charge is 2.15. The van der Waals surface area contributed by atoms with Crippen LogP contribution in [0.15, 0.2) is 60.7 Å². The molecule has 0 atom stereocenters. The van der Waals surface area contributed by atoms with Gasteiger partial charge in [0.1, 0.15) is 23.0 Å². The Hall–Kier alpha value is -3.67. The van der Waals surface area contributed by atoms with E-state index in [9.17, 15) is 4.79 Å². The van der Waals surface area contributed by atoms with Crippen molar-refractivity contribution in [1.29, 1.82) is 0 Å². The maximum Gasteiger partial charge on any atom is 0.255 e. The SMILES string of the molecule is COc1cccc(-c2cc(C(=O)Nc3ccc(OC)cc3OC)ccc2OC)c1. The fourth-order valence-corrected chi connectivity index (χ4v) is 2.96. The van der Waals surface area contributed by atoms with Crippen LogP contribution in [0.25, 0.3) is 11.1 Å². The van der Waals surface area contributed by atoms with Crippen LogP contribution >= 0.6 is 0 Å². The Morgan fingerprint density at radius 1 is 0.724 bits per heavy atom. The number of carbonyl (C=O) groups excluding carboxylic acids is 1. The van der Waals surface area contributed by atoms with Gasteiger partial charge in [0.15, 0.2) is 0 Å². The van der Waals surface area contributed by atoms with Crippen molar-refractivity contribution in [3.63, 3.8) is 0 Å². The number of amides is 1. The summed E-state index contributed by atoms with van der Waals surface area (Å²) < 4.78 is 21.3. The van der Waals surface area contributed by atoms with Crippen molar-refractivity contribution in [2.75, 3.05) is 33.8 Å². The summed E-state index contributed by atoms with van der Waals surface area (Å²) in [5.41, 5.74) is 2.72.